The number of methoxy groups -OCH3 is 1. The minimum absolute atomic E-state index is 0.117. The second kappa shape index (κ2) is 7.56. The number of benzene rings is 1. The predicted octanol–water partition coefficient (Wildman–Crippen LogP) is 1.44. The maximum absolute atomic E-state index is 12.5. The van der Waals surface area contributed by atoms with Crippen molar-refractivity contribution in [2.75, 3.05) is 19.5 Å². The number of nitrogens with zero attached hydrogens (tertiary/aromatic N) is 3. The van der Waals surface area contributed by atoms with Gasteiger partial charge < -0.3 is 10.1 Å². The van der Waals surface area contributed by atoms with Crippen molar-refractivity contribution in [3.05, 3.63) is 60.8 Å². The molecule has 1 amide bonds. The third-order valence-electron chi connectivity index (χ3n) is 3.76. The molecule has 10 heteroatoms. The van der Waals surface area contributed by atoms with Crippen LogP contribution in [-0.4, -0.2) is 43.0 Å². The summed E-state index contributed by atoms with van der Waals surface area (Å²) in [6.45, 7) is 0. The summed E-state index contributed by atoms with van der Waals surface area (Å²) in [5, 5.41) is 2.68. The number of amides is 1. The van der Waals surface area contributed by atoms with Gasteiger partial charge in [-0.1, -0.05) is 0 Å². The summed E-state index contributed by atoms with van der Waals surface area (Å²) in [6.07, 6.45) is 6.50. The fourth-order valence-corrected chi connectivity index (χ4v) is 3.27. The van der Waals surface area contributed by atoms with Gasteiger partial charge in [0.05, 0.1) is 19.0 Å². The number of carbonyl (C=O) groups excluding carboxylic acids is 1. The average molecular weight is 387 g/mol. The first-order valence-corrected chi connectivity index (χ1v) is 9.30. The molecule has 3 aromatic rings. The molecule has 140 valence electrons. The highest BCUT2D eigenvalue weighted by atomic mass is 32.2. The number of hydrogen-bond acceptors (Lipinski definition) is 6. The maximum atomic E-state index is 12.5. The number of nitrogens with one attached hydrogen (secondary N) is 2. The number of rotatable bonds is 6. The van der Waals surface area contributed by atoms with Gasteiger partial charge in [-0.2, -0.15) is 0 Å². The van der Waals surface area contributed by atoms with E-state index >= 15 is 0 Å². The Morgan fingerprint density at radius 1 is 1.22 bits per heavy atom. The summed E-state index contributed by atoms with van der Waals surface area (Å²) in [7, 11) is -1.13. The zero-order valence-electron chi connectivity index (χ0n) is 14.6. The van der Waals surface area contributed by atoms with E-state index in [4.69, 9.17) is 4.74 Å². The van der Waals surface area contributed by atoms with Crippen LogP contribution < -0.4 is 14.8 Å². The van der Waals surface area contributed by atoms with Crippen molar-refractivity contribution in [1.29, 1.82) is 0 Å². The summed E-state index contributed by atoms with van der Waals surface area (Å²) in [4.78, 5) is 20.6. The smallest absolute Gasteiger partial charge is 0.255 e. The first-order chi connectivity index (χ1) is 12.9. The van der Waals surface area contributed by atoms with Crippen molar-refractivity contribution in [3.8, 4) is 11.6 Å². The van der Waals surface area contributed by atoms with Gasteiger partial charge >= 0.3 is 0 Å². The first-order valence-electron chi connectivity index (χ1n) is 7.82. The van der Waals surface area contributed by atoms with E-state index < -0.39 is 15.9 Å². The number of carbonyl (C=O) groups is 1. The molecule has 0 saturated heterocycles. The Bertz CT molecular complexity index is 1050. The highest BCUT2D eigenvalue weighted by Gasteiger charge is 2.20. The zero-order valence-corrected chi connectivity index (χ0v) is 15.4. The molecule has 0 fully saturated rings. The van der Waals surface area contributed by atoms with Crippen LogP contribution in [0.3, 0.4) is 0 Å². The lowest BCUT2D eigenvalue weighted by atomic mass is 10.2. The third-order valence-corrected chi connectivity index (χ3v) is 5.19. The molecule has 2 aromatic heterocycles. The molecule has 27 heavy (non-hydrogen) atoms. The highest BCUT2D eigenvalue weighted by Crippen LogP contribution is 2.25. The van der Waals surface area contributed by atoms with Crippen LogP contribution in [0.5, 0.6) is 5.75 Å². The van der Waals surface area contributed by atoms with Gasteiger partial charge in [-0.05, 0) is 37.4 Å². The number of ether oxygens (including phenoxy) is 1. The third kappa shape index (κ3) is 3.96. The minimum Gasteiger partial charge on any atom is -0.495 e. The molecule has 2 N–H and O–H groups in total. The molecule has 0 spiro atoms. The molecule has 9 nitrogen and oxygen atoms in total. The molecule has 0 aliphatic rings. The van der Waals surface area contributed by atoms with Crippen molar-refractivity contribution in [2.45, 2.75) is 4.90 Å². The quantitative estimate of drug-likeness (QED) is 0.661. The van der Waals surface area contributed by atoms with Crippen molar-refractivity contribution < 1.29 is 17.9 Å². The lowest BCUT2D eigenvalue weighted by Gasteiger charge is -2.11. The van der Waals surface area contributed by atoms with Crippen LogP contribution in [0.2, 0.25) is 0 Å². The Morgan fingerprint density at radius 3 is 2.63 bits per heavy atom. The number of anilines is 1. The molecule has 0 aliphatic heterocycles. The van der Waals surface area contributed by atoms with E-state index in [1.165, 1.54) is 38.6 Å². The lowest BCUT2D eigenvalue weighted by Crippen LogP contribution is -2.20. The van der Waals surface area contributed by atoms with Gasteiger partial charge in [-0.25, -0.2) is 23.1 Å². The van der Waals surface area contributed by atoms with Crippen LogP contribution in [0.25, 0.3) is 5.82 Å². The van der Waals surface area contributed by atoms with E-state index in [0.29, 0.717) is 11.5 Å². The predicted molar refractivity (Wildman–Crippen MR) is 98.6 cm³/mol. The molecule has 0 bridgehead atoms. The summed E-state index contributed by atoms with van der Waals surface area (Å²) in [6, 6.07) is 7.58. The summed E-state index contributed by atoms with van der Waals surface area (Å²) >= 11 is 0. The number of hydrogen-bond donors (Lipinski definition) is 2. The largest absolute Gasteiger partial charge is 0.495 e. The summed E-state index contributed by atoms with van der Waals surface area (Å²) in [5.74, 6) is 0.326. The fraction of sp³-hybridized carbons (Fsp3) is 0.118. The Kier molecular flexibility index (Phi) is 5.19. The standard InChI is InChI=1S/C17H17N5O4S/c1-18-27(24,25)15-9-12(3-5-14(15)26-2)17(23)21-13-4-6-16(20-10-13)22-8-7-19-11-22/h3-11,18H,1-2H3,(H,21,23). The van der Waals surface area contributed by atoms with Gasteiger partial charge in [0.2, 0.25) is 10.0 Å². The molecule has 2 heterocycles. The van der Waals surface area contributed by atoms with Crippen molar-refractivity contribution in [2.24, 2.45) is 0 Å². The van der Waals surface area contributed by atoms with Crippen LogP contribution in [-0.2, 0) is 10.0 Å². The van der Waals surface area contributed by atoms with Crippen molar-refractivity contribution in [3.63, 3.8) is 0 Å². The monoisotopic (exact) mass is 387 g/mol. The van der Waals surface area contributed by atoms with Crippen molar-refractivity contribution >= 4 is 21.6 Å². The number of aromatic nitrogens is 3. The second-order valence-corrected chi connectivity index (χ2v) is 7.26. The van der Waals surface area contributed by atoms with Crippen LogP contribution in [0, 0.1) is 0 Å². The minimum atomic E-state index is -3.78. The van der Waals surface area contributed by atoms with Crippen LogP contribution in [0.15, 0.2) is 60.1 Å². The number of sulfonamides is 1. The van der Waals surface area contributed by atoms with Gasteiger partial charge in [0.1, 0.15) is 22.8 Å². The molecule has 3 rings (SSSR count). The van der Waals surface area contributed by atoms with E-state index in [1.807, 2.05) is 0 Å². The molecule has 0 unspecified atom stereocenters. The number of imidazole rings is 1. The van der Waals surface area contributed by atoms with Gasteiger partial charge in [0, 0.05) is 18.0 Å². The maximum Gasteiger partial charge on any atom is 0.255 e. The first kappa shape index (κ1) is 18.5. The van der Waals surface area contributed by atoms with Gasteiger partial charge in [0.15, 0.2) is 0 Å². The normalized spacial score (nSPS) is 11.2. The lowest BCUT2D eigenvalue weighted by molar-refractivity contribution is 0.102. The molecular formula is C17H17N5O4S. The Hall–Kier alpha value is -3.24. The van der Waals surface area contributed by atoms with Gasteiger partial charge in [-0.15, -0.1) is 0 Å². The molecule has 0 atom stereocenters. The van der Waals surface area contributed by atoms with Gasteiger partial charge in [0.25, 0.3) is 5.91 Å². The Labute approximate surface area is 156 Å². The van der Waals surface area contributed by atoms with E-state index in [0.717, 1.165) is 0 Å². The zero-order chi connectivity index (χ0) is 19.4. The molecule has 0 radical (unpaired) electrons. The highest BCUT2D eigenvalue weighted by molar-refractivity contribution is 7.89. The van der Waals surface area contributed by atoms with E-state index in [2.05, 4.69) is 20.0 Å². The summed E-state index contributed by atoms with van der Waals surface area (Å²) < 4.78 is 33.3. The van der Waals surface area contributed by atoms with E-state index in [9.17, 15) is 13.2 Å². The topological polar surface area (TPSA) is 115 Å². The van der Waals surface area contributed by atoms with Crippen LogP contribution >= 0.6 is 0 Å². The fourth-order valence-electron chi connectivity index (χ4n) is 2.35. The van der Waals surface area contributed by atoms with E-state index in [1.54, 1.807) is 35.4 Å². The number of pyridine rings is 1. The Morgan fingerprint density at radius 2 is 2.04 bits per heavy atom. The molecule has 0 aliphatic carbocycles. The average Bonchev–Trinajstić information content (AvgIpc) is 3.22. The molecular weight excluding hydrogens is 370 g/mol. The van der Waals surface area contributed by atoms with E-state index in [-0.39, 0.29) is 16.2 Å². The van der Waals surface area contributed by atoms with Crippen LogP contribution in [0.1, 0.15) is 10.4 Å². The Balaban J connectivity index is 1.83. The summed E-state index contributed by atoms with van der Waals surface area (Å²) in [5.41, 5.74) is 0.640. The van der Waals surface area contributed by atoms with Gasteiger partial charge in [-0.3, -0.25) is 9.36 Å². The second-order valence-electron chi connectivity index (χ2n) is 5.40. The molecule has 1 aromatic carbocycles. The van der Waals surface area contributed by atoms with Crippen molar-refractivity contribution in [1.82, 2.24) is 19.3 Å². The van der Waals surface area contributed by atoms with Crippen LogP contribution in [0.4, 0.5) is 5.69 Å². The SMILES string of the molecule is CNS(=O)(=O)c1cc(C(=O)Nc2ccc(-n3ccnc3)nc2)ccc1OC. The molecule has 0 saturated carbocycles.